The minimum atomic E-state index is -0.383. The molecule has 3 nitrogen and oxygen atoms in total. The van der Waals surface area contributed by atoms with Crippen LogP contribution in [0.2, 0.25) is 0 Å². The molecular weight excluding hydrogens is 267 g/mol. The van der Waals surface area contributed by atoms with Crippen LogP contribution in [0.5, 0.6) is 0 Å². The fourth-order valence-corrected chi connectivity index (χ4v) is 2.17. The van der Waals surface area contributed by atoms with Gasteiger partial charge in [0.2, 0.25) is 0 Å². The molecule has 0 spiro atoms. The van der Waals surface area contributed by atoms with Crippen molar-refractivity contribution < 1.29 is 9.50 Å². The smallest absolute Gasteiger partial charge is 0.129 e. The highest BCUT2D eigenvalue weighted by Gasteiger charge is 2.11. The van der Waals surface area contributed by atoms with E-state index < -0.39 is 0 Å². The number of nitrogens with zero attached hydrogens (tertiary/aromatic N) is 1. The molecule has 0 aliphatic heterocycles. The molecule has 21 heavy (non-hydrogen) atoms. The molecule has 2 N–H and O–H groups in total. The molecule has 0 aliphatic rings. The van der Waals surface area contributed by atoms with E-state index in [0.29, 0.717) is 17.5 Å². The van der Waals surface area contributed by atoms with Crippen LogP contribution in [0.3, 0.4) is 0 Å². The topological polar surface area (TPSA) is 56.0 Å². The van der Waals surface area contributed by atoms with Crippen molar-refractivity contribution in [3.05, 3.63) is 65.0 Å². The van der Waals surface area contributed by atoms with Gasteiger partial charge < -0.3 is 10.4 Å². The molecule has 2 aromatic carbocycles. The molecule has 2 rings (SSSR count). The number of aliphatic hydroxyl groups excluding tert-OH is 1. The van der Waals surface area contributed by atoms with Crippen LogP contribution >= 0.6 is 0 Å². The van der Waals surface area contributed by atoms with Gasteiger partial charge in [-0.2, -0.15) is 5.26 Å². The number of rotatable bonds is 5. The zero-order valence-electron chi connectivity index (χ0n) is 11.8. The molecule has 2 aromatic rings. The number of anilines is 1. The molecule has 1 unspecified atom stereocenters. The van der Waals surface area contributed by atoms with Gasteiger partial charge >= 0.3 is 0 Å². The Bertz CT molecular complexity index is 647. The lowest BCUT2D eigenvalue weighted by molar-refractivity contribution is 0.299. The number of benzene rings is 2. The highest BCUT2D eigenvalue weighted by Crippen LogP contribution is 2.22. The number of hydrogen-bond acceptors (Lipinski definition) is 3. The highest BCUT2D eigenvalue weighted by molar-refractivity contribution is 5.47. The summed E-state index contributed by atoms with van der Waals surface area (Å²) in [6.07, 6.45) is 0.625. The lowest BCUT2D eigenvalue weighted by Gasteiger charge is -2.17. The zero-order chi connectivity index (χ0) is 15.2. The summed E-state index contributed by atoms with van der Waals surface area (Å²) in [6, 6.07) is 13.9. The molecule has 4 heteroatoms. The van der Waals surface area contributed by atoms with Gasteiger partial charge in [0.15, 0.2) is 0 Å². The molecule has 0 amide bonds. The number of halogens is 1. The van der Waals surface area contributed by atoms with Gasteiger partial charge in [0, 0.05) is 17.9 Å². The van der Waals surface area contributed by atoms with Crippen LogP contribution in [0.15, 0.2) is 42.5 Å². The molecule has 0 saturated carbocycles. The van der Waals surface area contributed by atoms with Crippen LogP contribution in [0.4, 0.5) is 10.1 Å². The number of aliphatic hydroxyl groups is 1. The van der Waals surface area contributed by atoms with Gasteiger partial charge in [-0.15, -0.1) is 0 Å². The third kappa shape index (κ3) is 3.80. The first-order valence-corrected chi connectivity index (χ1v) is 6.80. The Morgan fingerprint density at radius 3 is 2.52 bits per heavy atom. The van der Waals surface area contributed by atoms with E-state index in [1.165, 1.54) is 6.07 Å². The molecule has 1 atom stereocenters. The van der Waals surface area contributed by atoms with Crippen molar-refractivity contribution in [2.24, 2.45) is 0 Å². The summed E-state index contributed by atoms with van der Waals surface area (Å²) in [7, 11) is 0. The standard InChI is InChI=1S/C17H17FN2O/c1-12(16-7-4-14(11-19)10-17(16)18)20-15-5-2-13(3-6-15)8-9-21/h2-7,10,12,20-21H,8-9H2,1H3. The molecule has 0 bridgehead atoms. The van der Waals surface area contributed by atoms with Gasteiger partial charge in [0.25, 0.3) is 0 Å². The fraction of sp³-hybridized carbons (Fsp3) is 0.235. The van der Waals surface area contributed by atoms with E-state index in [2.05, 4.69) is 5.32 Å². The zero-order valence-corrected chi connectivity index (χ0v) is 11.8. The van der Waals surface area contributed by atoms with Crippen molar-refractivity contribution in [1.82, 2.24) is 0 Å². The van der Waals surface area contributed by atoms with Crippen molar-refractivity contribution in [2.75, 3.05) is 11.9 Å². The lowest BCUT2D eigenvalue weighted by Crippen LogP contribution is -2.08. The minimum absolute atomic E-state index is 0.125. The first-order valence-electron chi connectivity index (χ1n) is 6.80. The van der Waals surface area contributed by atoms with E-state index >= 15 is 0 Å². The van der Waals surface area contributed by atoms with Crippen molar-refractivity contribution in [2.45, 2.75) is 19.4 Å². The van der Waals surface area contributed by atoms with Gasteiger partial charge in [-0.25, -0.2) is 4.39 Å². The van der Waals surface area contributed by atoms with Crippen molar-refractivity contribution >= 4 is 5.69 Å². The van der Waals surface area contributed by atoms with E-state index in [1.807, 2.05) is 37.3 Å². The third-order valence-electron chi connectivity index (χ3n) is 3.33. The second kappa shape index (κ2) is 6.87. The van der Waals surface area contributed by atoms with E-state index in [9.17, 15) is 4.39 Å². The normalized spacial score (nSPS) is 11.7. The van der Waals surface area contributed by atoms with Crippen molar-refractivity contribution in [1.29, 1.82) is 5.26 Å². The maximum absolute atomic E-state index is 13.9. The summed E-state index contributed by atoms with van der Waals surface area (Å²) in [5, 5.41) is 20.8. The summed E-state index contributed by atoms with van der Waals surface area (Å²) >= 11 is 0. The molecule has 0 aromatic heterocycles. The first-order chi connectivity index (χ1) is 10.1. The van der Waals surface area contributed by atoms with Gasteiger partial charge in [0.05, 0.1) is 17.7 Å². The average molecular weight is 284 g/mol. The van der Waals surface area contributed by atoms with Crippen LogP contribution in [0.1, 0.15) is 29.7 Å². The van der Waals surface area contributed by atoms with Crippen LogP contribution in [-0.2, 0) is 6.42 Å². The Balaban J connectivity index is 2.10. The Labute approximate surface area is 123 Å². The van der Waals surface area contributed by atoms with Crippen LogP contribution in [0.25, 0.3) is 0 Å². The van der Waals surface area contributed by atoms with Crippen LogP contribution in [0, 0.1) is 17.1 Å². The predicted octanol–water partition coefficient (Wildman–Crippen LogP) is 3.41. The Kier molecular flexibility index (Phi) is 4.91. The largest absolute Gasteiger partial charge is 0.396 e. The van der Waals surface area contributed by atoms with Gasteiger partial charge in [-0.3, -0.25) is 0 Å². The minimum Gasteiger partial charge on any atom is -0.396 e. The van der Waals surface area contributed by atoms with Gasteiger partial charge in [0.1, 0.15) is 5.82 Å². The number of nitriles is 1. The molecule has 0 saturated heterocycles. The second-order valence-electron chi connectivity index (χ2n) is 4.88. The summed E-state index contributed by atoms with van der Waals surface area (Å²) in [5.41, 5.74) is 2.78. The number of hydrogen-bond donors (Lipinski definition) is 2. The average Bonchev–Trinajstić information content (AvgIpc) is 2.49. The SMILES string of the molecule is CC(Nc1ccc(CCO)cc1)c1ccc(C#N)cc1F. The first kappa shape index (κ1) is 15.0. The van der Waals surface area contributed by atoms with E-state index in [-0.39, 0.29) is 18.5 Å². The molecule has 108 valence electrons. The summed E-state index contributed by atoms with van der Waals surface area (Å²) < 4.78 is 13.9. The second-order valence-corrected chi connectivity index (χ2v) is 4.88. The third-order valence-corrected chi connectivity index (χ3v) is 3.33. The van der Waals surface area contributed by atoms with Crippen LogP contribution in [-0.4, -0.2) is 11.7 Å². The summed E-state index contributed by atoms with van der Waals surface area (Å²) in [4.78, 5) is 0. The predicted molar refractivity (Wildman–Crippen MR) is 80.4 cm³/mol. The maximum atomic E-state index is 13.9. The highest BCUT2D eigenvalue weighted by atomic mass is 19.1. The monoisotopic (exact) mass is 284 g/mol. The van der Waals surface area contributed by atoms with Crippen LogP contribution < -0.4 is 5.32 Å². The summed E-state index contributed by atoms with van der Waals surface area (Å²) in [5.74, 6) is -0.383. The van der Waals surface area contributed by atoms with Gasteiger partial charge in [-0.05, 0) is 43.2 Å². The van der Waals surface area contributed by atoms with Crippen molar-refractivity contribution in [3.63, 3.8) is 0 Å². The Morgan fingerprint density at radius 2 is 1.95 bits per heavy atom. The Hall–Kier alpha value is -2.38. The van der Waals surface area contributed by atoms with E-state index in [1.54, 1.807) is 12.1 Å². The summed E-state index contributed by atoms with van der Waals surface area (Å²) in [6.45, 7) is 1.99. The molecule has 0 aliphatic carbocycles. The molecule has 0 radical (unpaired) electrons. The lowest BCUT2D eigenvalue weighted by atomic mass is 10.0. The molecule has 0 fully saturated rings. The Morgan fingerprint density at radius 1 is 1.24 bits per heavy atom. The number of nitrogens with one attached hydrogen (secondary N) is 1. The van der Waals surface area contributed by atoms with E-state index in [0.717, 1.165) is 11.3 Å². The molecular formula is C17H17FN2O. The quantitative estimate of drug-likeness (QED) is 0.884. The van der Waals surface area contributed by atoms with Crippen molar-refractivity contribution in [3.8, 4) is 6.07 Å². The molecule has 0 heterocycles. The maximum Gasteiger partial charge on any atom is 0.129 e. The van der Waals surface area contributed by atoms with E-state index in [4.69, 9.17) is 10.4 Å². The fourth-order valence-electron chi connectivity index (χ4n) is 2.17. The van der Waals surface area contributed by atoms with Gasteiger partial charge in [-0.1, -0.05) is 18.2 Å².